The zero-order valence-electron chi connectivity index (χ0n) is 15.5. The van der Waals surface area contributed by atoms with E-state index in [1.165, 1.54) is 30.3 Å². The molecule has 3 rings (SSSR count). The van der Waals surface area contributed by atoms with Crippen molar-refractivity contribution < 1.29 is 35.9 Å². The van der Waals surface area contributed by atoms with Gasteiger partial charge in [-0.25, -0.2) is 0 Å². The number of benzene rings is 2. The maximum Gasteiger partial charge on any atom is 0.573 e. The number of hydrogen-bond acceptors (Lipinski definition) is 2. The first kappa shape index (κ1) is 22.5. The number of alkyl halides is 6. The van der Waals surface area contributed by atoms with E-state index in [0.717, 1.165) is 11.6 Å². The maximum absolute atomic E-state index is 13.4. The third-order valence-corrected chi connectivity index (χ3v) is 5.26. The van der Waals surface area contributed by atoms with Gasteiger partial charge < -0.3 is 4.74 Å². The summed E-state index contributed by atoms with van der Waals surface area (Å²) in [5.41, 5.74) is -0.232. The average molecular weight is 451 g/mol. The molecule has 1 unspecified atom stereocenters. The molecule has 0 saturated carbocycles. The van der Waals surface area contributed by atoms with E-state index in [1.54, 1.807) is 0 Å². The molecule has 2 nitrogen and oxygen atoms in total. The summed E-state index contributed by atoms with van der Waals surface area (Å²) in [6, 6.07) is 7.57. The molecule has 30 heavy (non-hydrogen) atoms. The molecule has 1 aliphatic rings. The lowest BCUT2D eigenvalue weighted by Gasteiger charge is -2.26. The summed E-state index contributed by atoms with van der Waals surface area (Å²) < 4.78 is 80.5. The lowest BCUT2D eigenvalue weighted by Crippen LogP contribution is -2.26. The first-order valence-corrected chi connectivity index (χ1v) is 9.60. The van der Waals surface area contributed by atoms with Gasteiger partial charge in [0.2, 0.25) is 0 Å². The Morgan fingerprint density at radius 2 is 1.70 bits per heavy atom. The molecule has 0 heterocycles. The van der Waals surface area contributed by atoms with Crippen LogP contribution in [0.25, 0.3) is 0 Å². The van der Waals surface area contributed by atoms with Crippen LogP contribution in [0.5, 0.6) is 5.75 Å². The number of aryl methyl sites for hydroxylation is 2. The zero-order valence-corrected chi connectivity index (χ0v) is 16.3. The molecule has 162 valence electrons. The molecule has 0 fully saturated rings. The first-order valence-electron chi connectivity index (χ1n) is 9.22. The summed E-state index contributed by atoms with van der Waals surface area (Å²) in [5.74, 6) is -1.40. The molecule has 2 aromatic rings. The highest BCUT2D eigenvalue weighted by molar-refractivity contribution is 6.31. The summed E-state index contributed by atoms with van der Waals surface area (Å²) in [5, 5.41) is -0.0507. The van der Waals surface area contributed by atoms with Gasteiger partial charge in [0.1, 0.15) is 5.75 Å². The first-order chi connectivity index (χ1) is 13.9. The van der Waals surface area contributed by atoms with Gasteiger partial charge in [0, 0.05) is 16.5 Å². The molecule has 2 aromatic carbocycles. The van der Waals surface area contributed by atoms with Crippen molar-refractivity contribution in [3.63, 3.8) is 0 Å². The van der Waals surface area contributed by atoms with Crippen LogP contribution in [0.4, 0.5) is 26.3 Å². The number of Topliss-reactive ketones (excluding diaryl/α,β-unsaturated/α-hetero) is 1. The summed E-state index contributed by atoms with van der Waals surface area (Å²) >= 11 is 5.79. The maximum atomic E-state index is 13.4. The van der Waals surface area contributed by atoms with Crippen molar-refractivity contribution in [3.05, 3.63) is 63.7 Å². The topological polar surface area (TPSA) is 26.3 Å². The third-order valence-electron chi connectivity index (χ3n) is 5.04. The predicted molar refractivity (Wildman–Crippen MR) is 98.7 cm³/mol. The molecule has 0 saturated heterocycles. The molecule has 0 amide bonds. The van der Waals surface area contributed by atoms with Crippen LogP contribution in [0.3, 0.4) is 0 Å². The number of halogens is 7. The van der Waals surface area contributed by atoms with Crippen LogP contribution in [-0.4, -0.2) is 12.1 Å². The fraction of sp³-hybridized carbons (Fsp3) is 0.381. The van der Waals surface area contributed by atoms with Crippen LogP contribution in [0.15, 0.2) is 36.4 Å². The molecule has 0 radical (unpaired) electrons. The largest absolute Gasteiger partial charge is 0.573 e. The van der Waals surface area contributed by atoms with Gasteiger partial charge in [-0.05, 0) is 67.5 Å². The third kappa shape index (κ3) is 5.47. The second-order valence-corrected chi connectivity index (χ2v) is 7.61. The number of ketones is 1. The minimum atomic E-state index is -4.77. The molecule has 0 N–H and O–H groups in total. The van der Waals surface area contributed by atoms with Crippen LogP contribution in [-0.2, 0) is 19.0 Å². The lowest BCUT2D eigenvalue weighted by molar-refractivity contribution is -0.274. The van der Waals surface area contributed by atoms with E-state index in [1.807, 2.05) is 0 Å². The molecule has 1 atom stereocenters. The molecule has 0 spiro atoms. The Bertz CT molecular complexity index is 919. The second-order valence-electron chi connectivity index (χ2n) is 7.17. The number of carbonyl (C=O) groups excluding carboxylic acids is 1. The van der Waals surface area contributed by atoms with Gasteiger partial charge >= 0.3 is 12.5 Å². The Kier molecular flexibility index (Phi) is 6.36. The van der Waals surface area contributed by atoms with Crippen LogP contribution in [0.1, 0.15) is 46.3 Å². The van der Waals surface area contributed by atoms with Crippen LogP contribution in [0.2, 0.25) is 5.02 Å². The normalized spacial score (nSPS) is 17.0. The average Bonchev–Trinajstić information content (AvgIpc) is 2.62. The summed E-state index contributed by atoms with van der Waals surface area (Å²) in [6.45, 7) is 0. The van der Waals surface area contributed by atoms with Crippen molar-refractivity contribution in [1.29, 1.82) is 0 Å². The Morgan fingerprint density at radius 1 is 1.03 bits per heavy atom. The quantitative estimate of drug-likeness (QED) is 0.457. The van der Waals surface area contributed by atoms with Gasteiger partial charge in [0.05, 0.1) is 5.56 Å². The van der Waals surface area contributed by atoms with Gasteiger partial charge in [-0.2, -0.15) is 13.2 Å². The highest BCUT2D eigenvalue weighted by Gasteiger charge is 2.40. The molecule has 0 aliphatic heterocycles. The highest BCUT2D eigenvalue weighted by Crippen LogP contribution is 2.40. The fourth-order valence-corrected chi connectivity index (χ4v) is 3.97. The molecular weight excluding hydrogens is 434 g/mol. The second kappa shape index (κ2) is 8.49. The van der Waals surface area contributed by atoms with Gasteiger partial charge in [0.15, 0.2) is 5.78 Å². The highest BCUT2D eigenvalue weighted by atomic mass is 35.5. The minimum absolute atomic E-state index is 0.0507. The molecule has 1 aliphatic carbocycles. The van der Waals surface area contributed by atoms with E-state index < -0.39 is 29.8 Å². The Hall–Kier alpha value is -2.22. The Labute approximate surface area is 173 Å². The van der Waals surface area contributed by atoms with Gasteiger partial charge in [0.25, 0.3) is 0 Å². The van der Waals surface area contributed by atoms with E-state index in [4.69, 9.17) is 11.6 Å². The lowest BCUT2D eigenvalue weighted by atomic mass is 9.78. The van der Waals surface area contributed by atoms with Crippen LogP contribution < -0.4 is 4.74 Å². The van der Waals surface area contributed by atoms with Crippen molar-refractivity contribution in [2.24, 2.45) is 5.92 Å². The summed E-state index contributed by atoms with van der Waals surface area (Å²) in [7, 11) is 0. The van der Waals surface area contributed by atoms with Gasteiger partial charge in [-0.1, -0.05) is 23.7 Å². The van der Waals surface area contributed by atoms with Crippen molar-refractivity contribution in [2.75, 3.05) is 0 Å². The van der Waals surface area contributed by atoms with E-state index >= 15 is 0 Å². The number of rotatable bonds is 5. The van der Waals surface area contributed by atoms with E-state index in [9.17, 15) is 31.1 Å². The van der Waals surface area contributed by atoms with Gasteiger partial charge in [-0.3, -0.25) is 4.79 Å². The van der Waals surface area contributed by atoms with Gasteiger partial charge in [-0.15, -0.1) is 13.2 Å². The molecule has 0 bridgehead atoms. The molecule has 0 aromatic heterocycles. The monoisotopic (exact) mass is 450 g/mol. The summed E-state index contributed by atoms with van der Waals surface area (Å²) in [6.07, 6.45) is -7.29. The Balaban J connectivity index is 1.64. The van der Waals surface area contributed by atoms with Crippen LogP contribution >= 0.6 is 11.6 Å². The number of ether oxygens (including phenoxy) is 1. The zero-order chi connectivity index (χ0) is 22.1. The summed E-state index contributed by atoms with van der Waals surface area (Å²) in [4.78, 5) is 12.7. The smallest absolute Gasteiger partial charge is 0.406 e. The molecule has 9 heteroatoms. The van der Waals surface area contributed by atoms with E-state index in [2.05, 4.69) is 4.74 Å². The standard InChI is InChI=1S/C21H17ClF6O2/c22-15-10-14-7-6-13(19(29)18(14)17(11-15)20(23,24)25)3-1-2-12-4-8-16(9-5-12)30-21(26,27)28/h4-5,8-11,13H,1-3,6-7H2. The predicted octanol–water partition coefficient (Wildman–Crippen LogP) is 7.03. The molecular formula is C21H17ClF6O2. The van der Waals surface area contributed by atoms with E-state index in [-0.39, 0.29) is 16.3 Å². The Morgan fingerprint density at radius 3 is 2.30 bits per heavy atom. The van der Waals surface area contributed by atoms with Crippen molar-refractivity contribution in [3.8, 4) is 5.75 Å². The number of carbonyl (C=O) groups is 1. The van der Waals surface area contributed by atoms with Crippen molar-refractivity contribution in [1.82, 2.24) is 0 Å². The number of hydrogen-bond donors (Lipinski definition) is 0. The van der Waals surface area contributed by atoms with E-state index in [0.29, 0.717) is 37.7 Å². The van der Waals surface area contributed by atoms with Crippen molar-refractivity contribution in [2.45, 2.75) is 44.6 Å². The van der Waals surface area contributed by atoms with Crippen LogP contribution in [0, 0.1) is 5.92 Å². The number of fused-ring (bicyclic) bond motifs is 1. The minimum Gasteiger partial charge on any atom is -0.406 e. The SMILES string of the molecule is O=C1c2c(cc(Cl)cc2C(F)(F)F)CCC1CCCc1ccc(OC(F)(F)F)cc1. The fourth-order valence-electron chi connectivity index (χ4n) is 3.73. The van der Waals surface area contributed by atoms with Crippen molar-refractivity contribution >= 4 is 17.4 Å².